The maximum atomic E-state index is 5.98. The molecule has 1 N–H and O–H groups in total. The molecule has 1 aliphatic heterocycles. The van der Waals surface area contributed by atoms with Crippen LogP contribution in [0.25, 0.3) is 10.2 Å². The number of hydrogen-bond acceptors (Lipinski definition) is 4. The molecule has 2 heterocycles. The van der Waals surface area contributed by atoms with Gasteiger partial charge in [-0.25, -0.2) is 4.98 Å². The minimum atomic E-state index is 0.301. The lowest BCUT2D eigenvalue weighted by Crippen LogP contribution is -2.15. The van der Waals surface area contributed by atoms with Crippen LogP contribution >= 0.6 is 22.9 Å². The van der Waals surface area contributed by atoms with E-state index in [-0.39, 0.29) is 0 Å². The fourth-order valence-corrected chi connectivity index (χ4v) is 3.47. The summed E-state index contributed by atoms with van der Waals surface area (Å²) in [7, 11) is 1.76. The normalized spacial score (nSPS) is 24.6. The molecule has 2 unspecified atom stereocenters. The van der Waals surface area contributed by atoms with Crippen LogP contribution in [-0.2, 0) is 4.74 Å². The Balaban J connectivity index is 1.91. The summed E-state index contributed by atoms with van der Waals surface area (Å²) in [4.78, 5) is 4.65. The monoisotopic (exact) mass is 268 g/mol. The third-order valence-corrected chi connectivity index (χ3v) is 4.46. The Bertz CT molecular complexity index is 542. The number of nitrogens with zero attached hydrogens (tertiary/aromatic N) is 1. The summed E-state index contributed by atoms with van der Waals surface area (Å²) in [5, 5.41) is 5.33. The highest BCUT2D eigenvalue weighted by Crippen LogP contribution is 2.32. The van der Waals surface area contributed by atoms with Crippen molar-refractivity contribution in [3.05, 3.63) is 28.2 Å². The molecule has 0 saturated carbocycles. The summed E-state index contributed by atoms with van der Waals surface area (Å²) in [6.07, 6.45) is 1.29. The van der Waals surface area contributed by atoms with E-state index in [2.05, 4.69) is 10.3 Å². The fraction of sp³-hybridized carbons (Fsp3) is 0.417. The van der Waals surface area contributed by atoms with E-state index in [1.165, 1.54) is 0 Å². The van der Waals surface area contributed by atoms with Crippen LogP contribution in [0.15, 0.2) is 18.2 Å². The van der Waals surface area contributed by atoms with Crippen LogP contribution in [0, 0.1) is 0 Å². The topological polar surface area (TPSA) is 34.1 Å². The number of benzene rings is 1. The van der Waals surface area contributed by atoms with Crippen LogP contribution in [-0.4, -0.2) is 24.7 Å². The molecule has 0 bridgehead atoms. The van der Waals surface area contributed by atoms with Crippen molar-refractivity contribution in [3.63, 3.8) is 0 Å². The maximum absolute atomic E-state index is 5.98. The first kappa shape index (κ1) is 11.4. The van der Waals surface area contributed by atoms with Crippen molar-refractivity contribution in [2.45, 2.75) is 18.6 Å². The van der Waals surface area contributed by atoms with E-state index < -0.39 is 0 Å². The standard InChI is InChI=1S/C12H13ClN2OS/c1-16-8-5-10(14-6-8)12-15-9-3-2-7(13)4-11(9)17-12/h2-4,8,10,14H,5-6H2,1H3. The summed E-state index contributed by atoms with van der Waals surface area (Å²) in [5.41, 5.74) is 1.03. The number of hydrogen-bond donors (Lipinski definition) is 1. The van der Waals surface area contributed by atoms with Gasteiger partial charge in [0.1, 0.15) is 5.01 Å². The molecule has 0 spiro atoms. The van der Waals surface area contributed by atoms with Crippen molar-refractivity contribution in [3.8, 4) is 0 Å². The van der Waals surface area contributed by atoms with Crippen LogP contribution < -0.4 is 5.32 Å². The lowest BCUT2D eigenvalue weighted by atomic mass is 10.2. The van der Waals surface area contributed by atoms with Crippen LogP contribution in [0.4, 0.5) is 0 Å². The van der Waals surface area contributed by atoms with Crippen molar-refractivity contribution in [2.75, 3.05) is 13.7 Å². The molecular formula is C12H13ClN2OS. The average Bonchev–Trinajstić information content (AvgIpc) is 2.93. The van der Waals surface area contributed by atoms with Gasteiger partial charge in [-0.05, 0) is 24.6 Å². The first-order chi connectivity index (χ1) is 8.26. The quantitative estimate of drug-likeness (QED) is 0.909. The summed E-state index contributed by atoms with van der Waals surface area (Å²) in [6.45, 7) is 0.901. The number of ether oxygens (including phenoxy) is 1. The lowest BCUT2D eigenvalue weighted by molar-refractivity contribution is 0.117. The lowest BCUT2D eigenvalue weighted by Gasteiger charge is -2.05. The van der Waals surface area contributed by atoms with Gasteiger partial charge in [-0.2, -0.15) is 0 Å². The number of halogens is 1. The second-order valence-corrected chi connectivity index (χ2v) is 5.72. The second kappa shape index (κ2) is 4.53. The van der Waals surface area contributed by atoms with Crippen molar-refractivity contribution in [2.24, 2.45) is 0 Å². The Morgan fingerprint density at radius 3 is 3.18 bits per heavy atom. The average molecular weight is 269 g/mol. The third-order valence-electron chi connectivity index (χ3n) is 3.09. The molecule has 5 heteroatoms. The molecule has 3 nitrogen and oxygen atoms in total. The number of fused-ring (bicyclic) bond motifs is 1. The zero-order valence-corrected chi connectivity index (χ0v) is 11.0. The highest BCUT2D eigenvalue weighted by atomic mass is 35.5. The maximum Gasteiger partial charge on any atom is 0.111 e. The van der Waals surface area contributed by atoms with Gasteiger partial charge in [0.15, 0.2) is 0 Å². The van der Waals surface area contributed by atoms with Crippen LogP contribution in [0.5, 0.6) is 0 Å². The molecular weight excluding hydrogens is 256 g/mol. The Labute approximate surface area is 109 Å². The van der Waals surface area contributed by atoms with Crippen LogP contribution in [0.3, 0.4) is 0 Å². The number of methoxy groups -OCH3 is 1. The third kappa shape index (κ3) is 2.18. The molecule has 2 atom stereocenters. The molecule has 3 rings (SSSR count). The SMILES string of the molecule is COC1CNC(c2nc3ccc(Cl)cc3s2)C1. The van der Waals surface area contributed by atoms with E-state index in [9.17, 15) is 0 Å². The Morgan fingerprint density at radius 1 is 1.53 bits per heavy atom. The van der Waals surface area contributed by atoms with Gasteiger partial charge in [-0.3, -0.25) is 0 Å². The Kier molecular flexibility index (Phi) is 3.04. The molecule has 1 aromatic carbocycles. The zero-order chi connectivity index (χ0) is 11.8. The molecule has 1 aliphatic rings. The minimum Gasteiger partial charge on any atom is -0.380 e. The van der Waals surface area contributed by atoms with Gasteiger partial charge in [0.05, 0.1) is 22.4 Å². The Hall–Kier alpha value is -0.680. The van der Waals surface area contributed by atoms with E-state index in [0.29, 0.717) is 12.1 Å². The molecule has 0 radical (unpaired) electrons. The first-order valence-corrected chi connectivity index (χ1v) is 6.78. The Morgan fingerprint density at radius 2 is 2.41 bits per heavy atom. The summed E-state index contributed by atoms with van der Waals surface area (Å²) >= 11 is 7.68. The largest absolute Gasteiger partial charge is 0.380 e. The van der Waals surface area contributed by atoms with Crippen LogP contribution in [0.2, 0.25) is 5.02 Å². The second-order valence-electron chi connectivity index (χ2n) is 4.22. The summed E-state index contributed by atoms with van der Waals surface area (Å²) in [5.74, 6) is 0. The summed E-state index contributed by atoms with van der Waals surface area (Å²) in [6, 6.07) is 6.14. The van der Waals surface area contributed by atoms with Gasteiger partial charge in [0.2, 0.25) is 0 Å². The molecule has 1 aromatic heterocycles. The van der Waals surface area contributed by atoms with E-state index in [1.807, 2.05) is 18.2 Å². The molecule has 17 heavy (non-hydrogen) atoms. The summed E-state index contributed by atoms with van der Waals surface area (Å²) < 4.78 is 6.50. The molecule has 1 fully saturated rings. The van der Waals surface area contributed by atoms with E-state index >= 15 is 0 Å². The van der Waals surface area contributed by atoms with Gasteiger partial charge < -0.3 is 10.1 Å². The van der Waals surface area contributed by atoms with Crippen molar-refractivity contribution >= 4 is 33.2 Å². The fourth-order valence-electron chi connectivity index (χ4n) is 2.14. The molecule has 0 amide bonds. The minimum absolute atomic E-state index is 0.301. The van der Waals surface area contributed by atoms with E-state index in [0.717, 1.165) is 33.2 Å². The predicted octanol–water partition coefficient (Wildman–Crippen LogP) is 3.00. The highest BCUT2D eigenvalue weighted by molar-refractivity contribution is 7.18. The van der Waals surface area contributed by atoms with Crippen molar-refractivity contribution in [1.29, 1.82) is 0 Å². The van der Waals surface area contributed by atoms with Gasteiger partial charge in [-0.1, -0.05) is 11.6 Å². The van der Waals surface area contributed by atoms with E-state index in [4.69, 9.17) is 16.3 Å². The van der Waals surface area contributed by atoms with Crippen molar-refractivity contribution < 1.29 is 4.74 Å². The van der Waals surface area contributed by atoms with Crippen LogP contribution in [0.1, 0.15) is 17.5 Å². The van der Waals surface area contributed by atoms with Gasteiger partial charge in [-0.15, -0.1) is 11.3 Å². The van der Waals surface area contributed by atoms with Gasteiger partial charge in [0, 0.05) is 18.7 Å². The first-order valence-electron chi connectivity index (χ1n) is 5.58. The molecule has 1 saturated heterocycles. The molecule has 2 aromatic rings. The smallest absolute Gasteiger partial charge is 0.111 e. The molecule has 0 aliphatic carbocycles. The number of thiazole rings is 1. The number of nitrogens with one attached hydrogen (secondary N) is 1. The van der Waals surface area contributed by atoms with E-state index in [1.54, 1.807) is 18.4 Å². The predicted molar refractivity (Wildman–Crippen MR) is 70.8 cm³/mol. The van der Waals surface area contributed by atoms with Gasteiger partial charge >= 0.3 is 0 Å². The van der Waals surface area contributed by atoms with Crippen molar-refractivity contribution in [1.82, 2.24) is 10.3 Å². The van der Waals surface area contributed by atoms with Gasteiger partial charge in [0.25, 0.3) is 0 Å². The highest BCUT2D eigenvalue weighted by Gasteiger charge is 2.27. The zero-order valence-electron chi connectivity index (χ0n) is 9.44. The number of aromatic nitrogens is 1. The molecule has 90 valence electrons. The number of rotatable bonds is 2.